The molecule has 0 aliphatic carbocycles. The van der Waals surface area contributed by atoms with Crippen LogP contribution in [-0.4, -0.2) is 65.8 Å². The zero-order valence-electron chi connectivity index (χ0n) is 20.4. The van der Waals surface area contributed by atoms with Gasteiger partial charge in [-0.25, -0.2) is 0 Å². The third-order valence-electron chi connectivity index (χ3n) is 7.58. The molecule has 1 unspecified atom stereocenters. The lowest BCUT2D eigenvalue weighted by Crippen LogP contribution is -2.54. The molecule has 1 aromatic heterocycles. The molecule has 186 valence electrons. The van der Waals surface area contributed by atoms with Gasteiger partial charge in [0, 0.05) is 44.7 Å². The minimum atomic E-state index is -0.726. The summed E-state index contributed by atoms with van der Waals surface area (Å²) in [6.45, 7) is 3.45. The number of carbonyl (C=O) groups is 3. The van der Waals surface area contributed by atoms with Crippen molar-refractivity contribution in [2.75, 3.05) is 33.3 Å². The maximum Gasteiger partial charge on any atom is 0.231 e. The molecule has 1 aromatic carbocycles. The summed E-state index contributed by atoms with van der Waals surface area (Å²) in [5.74, 6) is -2.08. The van der Waals surface area contributed by atoms with E-state index < -0.39 is 23.2 Å². The van der Waals surface area contributed by atoms with Crippen LogP contribution in [0.15, 0.2) is 54.7 Å². The van der Waals surface area contributed by atoms with Crippen molar-refractivity contribution in [1.82, 2.24) is 14.8 Å². The van der Waals surface area contributed by atoms with E-state index in [9.17, 15) is 14.4 Å². The van der Waals surface area contributed by atoms with Crippen LogP contribution < -0.4 is 5.73 Å². The fourth-order valence-corrected chi connectivity index (χ4v) is 5.54. The van der Waals surface area contributed by atoms with Crippen molar-refractivity contribution in [2.24, 2.45) is 23.0 Å². The number of carbonyl (C=O) groups excluding carboxylic acids is 3. The summed E-state index contributed by atoms with van der Waals surface area (Å²) in [5.41, 5.74) is 6.79. The molecule has 3 amide bonds. The lowest BCUT2D eigenvalue weighted by Gasteiger charge is -2.43. The van der Waals surface area contributed by atoms with Crippen LogP contribution in [0.25, 0.3) is 0 Å². The zero-order valence-corrected chi connectivity index (χ0v) is 20.4. The summed E-state index contributed by atoms with van der Waals surface area (Å²) in [5, 5.41) is 0. The smallest absolute Gasteiger partial charge is 0.231 e. The highest BCUT2D eigenvalue weighted by atomic mass is 16.5. The second-order valence-corrected chi connectivity index (χ2v) is 9.80. The van der Waals surface area contributed by atoms with E-state index in [0.29, 0.717) is 19.6 Å². The van der Waals surface area contributed by atoms with Crippen molar-refractivity contribution in [3.63, 3.8) is 0 Å². The molecule has 2 aromatic rings. The normalized spacial score (nSPS) is 23.9. The van der Waals surface area contributed by atoms with Crippen LogP contribution >= 0.6 is 0 Å². The highest BCUT2D eigenvalue weighted by Crippen LogP contribution is 2.49. The van der Waals surface area contributed by atoms with Crippen molar-refractivity contribution in [3.05, 3.63) is 66.0 Å². The fourth-order valence-electron chi connectivity index (χ4n) is 5.54. The molecule has 8 heteroatoms. The Labute approximate surface area is 206 Å². The minimum Gasteiger partial charge on any atom is -0.374 e. The molecule has 4 rings (SSSR count). The molecule has 1 spiro atoms. The molecule has 2 saturated heterocycles. The van der Waals surface area contributed by atoms with E-state index in [-0.39, 0.29) is 30.9 Å². The first-order chi connectivity index (χ1) is 16.8. The van der Waals surface area contributed by atoms with Crippen LogP contribution in [0, 0.1) is 17.3 Å². The van der Waals surface area contributed by atoms with Crippen LogP contribution in [-0.2, 0) is 25.7 Å². The number of rotatable bonds is 8. The Morgan fingerprint density at radius 2 is 1.94 bits per heavy atom. The van der Waals surface area contributed by atoms with Crippen molar-refractivity contribution >= 4 is 17.7 Å². The molecule has 0 radical (unpaired) electrons. The average molecular weight is 479 g/mol. The van der Waals surface area contributed by atoms with Gasteiger partial charge >= 0.3 is 0 Å². The van der Waals surface area contributed by atoms with E-state index in [1.165, 1.54) is 0 Å². The molecule has 35 heavy (non-hydrogen) atoms. The first-order valence-corrected chi connectivity index (χ1v) is 12.2. The SMILES string of the molecule is CC(C(N)=O)[C@H](COCc1ccccn1)C(=O)N1CCC[C@@]2(C1)C(=O)N(C)C[C@H]2c1ccccc1. The van der Waals surface area contributed by atoms with Crippen molar-refractivity contribution in [1.29, 1.82) is 0 Å². The van der Waals surface area contributed by atoms with E-state index in [0.717, 1.165) is 24.1 Å². The van der Waals surface area contributed by atoms with Gasteiger partial charge in [-0.15, -0.1) is 0 Å². The van der Waals surface area contributed by atoms with E-state index >= 15 is 0 Å². The number of hydrogen-bond donors (Lipinski definition) is 1. The van der Waals surface area contributed by atoms with Gasteiger partial charge in [0.15, 0.2) is 0 Å². The van der Waals surface area contributed by atoms with Crippen LogP contribution in [0.3, 0.4) is 0 Å². The Balaban J connectivity index is 1.54. The number of primary amides is 1. The van der Waals surface area contributed by atoms with Gasteiger partial charge in [0.25, 0.3) is 0 Å². The summed E-state index contributed by atoms with van der Waals surface area (Å²) in [4.78, 5) is 47.1. The highest BCUT2D eigenvalue weighted by molar-refractivity contribution is 5.90. The number of ether oxygens (including phenoxy) is 1. The average Bonchev–Trinajstić information content (AvgIpc) is 3.11. The molecule has 2 aliphatic rings. The summed E-state index contributed by atoms with van der Waals surface area (Å²) in [6, 6.07) is 15.6. The third kappa shape index (κ3) is 5.07. The number of likely N-dealkylation sites (tertiary alicyclic amines) is 2. The van der Waals surface area contributed by atoms with Gasteiger partial charge in [-0.2, -0.15) is 0 Å². The Bertz CT molecular complexity index is 1050. The van der Waals surface area contributed by atoms with Gasteiger partial charge in [0.1, 0.15) is 0 Å². The number of pyridine rings is 1. The first-order valence-electron chi connectivity index (χ1n) is 12.2. The van der Waals surface area contributed by atoms with Gasteiger partial charge in [0.2, 0.25) is 17.7 Å². The Hall–Kier alpha value is -3.26. The second kappa shape index (κ2) is 10.6. The van der Waals surface area contributed by atoms with Crippen molar-refractivity contribution in [2.45, 2.75) is 32.3 Å². The monoisotopic (exact) mass is 478 g/mol. The molecule has 3 heterocycles. The number of benzene rings is 1. The lowest BCUT2D eigenvalue weighted by atomic mass is 9.68. The molecule has 2 N–H and O–H groups in total. The van der Waals surface area contributed by atoms with Gasteiger partial charge in [0.05, 0.1) is 30.2 Å². The molecule has 0 saturated carbocycles. The molecule has 0 bridgehead atoms. The number of nitrogens with two attached hydrogens (primary N) is 1. The van der Waals surface area contributed by atoms with E-state index in [1.54, 1.807) is 22.9 Å². The molecule has 8 nitrogen and oxygen atoms in total. The first kappa shape index (κ1) is 24.9. The van der Waals surface area contributed by atoms with Gasteiger partial charge in [-0.1, -0.05) is 43.3 Å². The van der Waals surface area contributed by atoms with Gasteiger partial charge in [-0.3, -0.25) is 19.4 Å². The second-order valence-electron chi connectivity index (χ2n) is 9.80. The Kier molecular flexibility index (Phi) is 7.50. The van der Waals surface area contributed by atoms with E-state index in [4.69, 9.17) is 10.5 Å². The third-order valence-corrected chi connectivity index (χ3v) is 7.58. The van der Waals surface area contributed by atoms with Gasteiger partial charge < -0.3 is 20.3 Å². The topological polar surface area (TPSA) is 106 Å². The van der Waals surface area contributed by atoms with E-state index in [2.05, 4.69) is 17.1 Å². The predicted octanol–water partition coefficient (Wildman–Crippen LogP) is 2.20. The molecule has 2 fully saturated rings. The van der Waals surface area contributed by atoms with Crippen molar-refractivity contribution < 1.29 is 19.1 Å². The Morgan fingerprint density at radius 3 is 2.63 bits per heavy atom. The number of aromatic nitrogens is 1. The molecule has 2 aliphatic heterocycles. The molecular weight excluding hydrogens is 444 g/mol. The lowest BCUT2D eigenvalue weighted by molar-refractivity contribution is -0.150. The standard InChI is InChI=1S/C27H34N4O4/c1-19(24(28)32)22(17-35-16-21-11-6-7-13-29-21)25(33)31-14-8-12-27(18-31)23(15-30(2)26(27)34)20-9-4-3-5-10-20/h3-7,9-11,13,19,22-23H,8,12,14-18H2,1-2H3,(H2,28,32)/t19?,22-,23-,27-/m0/s1. The summed E-state index contributed by atoms with van der Waals surface area (Å²) >= 11 is 0. The zero-order chi connectivity index (χ0) is 25.0. The van der Waals surface area contributed by atoms with Crippen molar-refractivity contribution in [3.8, 4) is 0 Å². The number of piperidine rings is 1. The maximum absolute atomic E-state index is 13.8. The van der Waals surface area contributed by atoms with E-state index in [1.807, 2.05) is 43.4 Å². The summed E-state index contributed by atoms with van der Waals surface area (Å²) in [7, 11) is 1.83. The van der Waals surface area contributed by atoms with Crippen LogP contribution in [0.2, 0.25) is 0 Å². The number of nitrogens with zero attached hydrogens (tertiary/aromatic N) is 3. The number of likely N-dealkylation sites (N-methyl/N-ethyl adjacent to an activating group) is 1. The van der Waals surface area contributed by atoms with Crippen LogP contribution in [0.5, 0.6) is 0 Å². The Morgan fingerprint density at radius 1 is 1.20 bits per heavy atom. The minimum absolute atomic E-state index is 0.00391. The summed E-state index contributed by atoms with van der Waals surface area (Å²) in [6.07, 6.45) is 3.13. The molecular formula is C27H34N4O4. The van der Waals surface area contributed by atoms with Crippen LogP contribution in [0.1, 0.15) is 36.9 Å². The summed E-state index contributed by atoms with van der Waals surface area (Å²) < 4.78 is 5.82. The van der Waals surface area contributed by atoms with Crippen LogP contribution in [0.4, 0.5) is 0 Å². The number of amides is 3. The predicted molar refractivity (Wildman–Crippen MR) is 131 cm³/mol. The number of hydrogen-bond acceptors (Lipinski definition) is 5. The largest absolute Gasteiger partial charge is 0.374 e. The van der Waals surface area contributed by atoms with Gasteiger partial charge in [-0.05, 0) is 30.5 Å². The quantitative estimate of drug-likeness (QED) is 0.626. The fraction of sp³-hybridized carbons (Fsp3) is 0.481. The highest BCUT2D eigenvalue weighted by Gasteiger charge is 2.56. The molecule has 4 atom stereocenters. The maximum atomic E-state index is 13.8.